The summed E-state index contributed by atoms with van der Waals surface area (Å²) in [4.78, 5) is 16.0. The van der Waals surface area contributed by atoms with Crippen molar-refractivity contribution in [2.75, 3.05) is 13.2 Å². The molecule has 0 aliphatic heterocycles. The molecule has 1 heterocycles. The minimum Gasteiger partial charge on any atom is -0.473 e. The minimum atomic E-state index is -0.460. The molecule has 3 rings (SSSR count). The molecule has 0 atom stereocenters. The molecule has 0 aliphatic rings. The van der Waals surface area contributed by atoms with E-state index in [2.05, 4.69) is 27.0 Å². The van der Waals surface area contributed by atoms with E-state index in [1.807, 2.05) is 12.1 Å². The Kier molecular flexibility index (Phi) is 10.0. The first-order valence-electron chi connectivity index (χ1n) is 10.9. The SMILES string of the molecule is CCOC(=O)Cc1cc(F)c(Br)cc1COCCc1cc(COc2cccc(Cl)n2)ccc1C#N. The third-order valence-electron chi connectivity index (χ3n) is 5.02. The van der Waals surface area contributed by atoms with Crippen LogP contribution in [0.4, 0.5) is 4.39 Å². The summed E-state index contributed by atoms with van der Waals surface area (Å²) in [6.45, 7) is 2.74. The van der Waals surface area contributed by atoms with Crippen LogP contribution in [0.3, 0.4) is 0 Å². The van der Waals surface area contributed by atoms with E-state index in [1.165, 1.54) is 6.07 Å². The fourth-order valence-electron chi connectivity index (χ4n) is 3.34. The molecule has 2 aromatic carbocycles. The summed E-state index contributed by atoms with van der Waals surface area (Å²) in [6.07, 6.45) is 0.445. The number of carbonyl (C=O) groups excluding carboxylic acids is 1. The molecule has 0 unspecified atom stereocenters. The second-order valence-corrected chi connectivity index (χ2v) is 8.75. The van der Waals surface area contributed by atoms with Gasteiger partial charge in [-0.25, -0.2) is 9.37 Å². The molecule has 0 amide bonds. The van der Waals surface area contributed by atoms with Crippen molar-refractivity contribution in [1.29, 1.82) is 5.26 Å². The number of pyridine rings is 1. The number of carbonyl (C=O) groups is 1. The van der Waals surface area contributed by atoms with Crippen LogP contribution in [0.2, 0.25) is 5.15 Å². The minimum absolute atomic E-state index is 0.0428. The van der Waals surface area contributed by atoms with Gasteiger partial charge in [0, 0.05) is 6.07 Å². The number of nitrogens with zero attached hydrogens (tertiary/aromatic N) is 2. The molecule has 0 saturated carbocycles. The molecule has 9 heteroatoms. The Morgan fingerprint density at radius 1 is 1.14 bits per heavy atom. The van der Waals surface area contributed by atoms with Crippen molar-refractivity contribution in [2.45, 2.75) is 33.0 Å². The van der Waals surface area contributed by atoms with Gasteiger partial charge in [0.15, 0.2) is 0 Å². The zero-order valence-corrected chi connectivity index (χ0v) is 21.4. The number of esters is 1. The smallest absolute Gasteiger partial charge is 0.310 e. The van der Waals surface area contributed by atoms with Crippen molar-refractivity contribution < 1.29 is 23.4 Å². The van der Waals surface area contributed by atoms with Crippen molar-refractivity contribution in [1.82, 2.24) is 4.98 Å². The van der Waals surface area contributed by atoms with Gasteiger partial charge >= 0.3 is 5.97 Å². The summed E-state index contributed by atoms with van der Waals surface area (Å²) in [7, 11) is 0. The maximum atomic E-state index is 14.0. The zero-order chi connectivity index (χ0) is 25.2. The summed E-state index contributed by atoms with van der Waals surface area (Å²) < 4.78 is 30.8. The number of rotatable bonds is 11. The highest BCUT2D eigenvalue weighted by Crippen LogP contribution is 2.23. The van der Waals surface area contributed by atoms with Gasteiger partial charge in [0.25, 0.3) is 0 Å². The monoisotopic (exact) mass is 560 g/mol. The molecule has 0 bridgehead atoms. The molecule has 0 N–H and O–H groups in total. The lowest BCUT2D eigenvalue weighted by Crippen LogP contribution is -2.11. The first-order valence-corrected chi connectivity index (χ1v) is 12.0. The summed E-state index contributed by atoms with van der Waals surface area (Å²) in [5.74, 6) is -0.476. The van der Waals surface area contributed by atoms with Gasteiger partial charge in [-0.1, -0.05) is 29.8 Å². The Bertz CT molecular complexity index is 1230. The average molecular weight is 562 g/mol. The highest BCUT2D eigenvalue weighted by molar-refractivity contribution is 9.10. The van der Waals surface area contributed by atoms with Gasteiger partial charge in [-0.2, -0.15) is 5.26 Å². The molecule has 0 fully saturated rings. The Morgan fingerprint density at radius 3 is 2.71 bits per heavy atom. The van der Waals surface area contributed by atoms with Crippen molar-refractivity contribution in [3.8, 4) is 11.9 Å². The van der Waals surface area contributed by atoms with Crippen LogP contribution in [0.15, 0.2) is 53.0 Å². The van der Waals surface area contributed by atoms with E-state index in [4.69, 9.17) is 25.8 Å². The molecule has 0 aliphatic carbocycles. The van der Waals surface area contributed by atoms with E-state index >= 15 is 0 Å². The molecule has 0 saturated heterocycles. The first-order chi connectivity index (χ1) is 16.9. The van der Waals surface area contributed by atoms with Crippen LogP contribution >= 0.6 is 27.5 Å². The van der Waals surface area contributed by atoms with E-state index in [-0.39, 0.29) is 30.7 Å². The zero-order valence-electron chi connectivity index (χ0n) is 19.0. The van der Waals surface area contributed by atoms with Gasteiger partial charge in [0.2, 0.25) is 5.88 Å². The fraction of sp³-hybridized carbons (Fsp3) is 0.269. The predicted octanol–water partition coefficient (Wildman–Crippen LogP) is 5.95. The molecular weight excluding hydrogens is 539 g/mol. The lowest BCUT2D eigenvalue weighted by atomic mass is 10.0. The summed E-state index contributed by atoms with van der Waals surface area (Å²) in [5.41, 5.74) is 3.43. The van der Waals surface area contributed by atoms with Crippen LogP contribution in [0.5, 0.6) is 5.88 Å². The summed E-state index contributed by atoms with van der Waals surface area (Å²) in [6, 6.07) is 15.7. The third kappa shape index (κ3) is 8.03. The van der Waals surface area contributed by atoms with Crippen LogP contribution in [-0.2, 0) is 40.3 Å². The lowest BCUT2D eigenvalue weighted by molar-refractivity contribution is -0.142. The lowest BCUT2D eigenvalue weighted by Gasteiger charge is -2.12. The van der Waals surface area contributed by atoms with E-state index in [1.54, 1.807) is 37.3 Å². The number of benzene rings is 2. The number of hydrogen-bond acceptors (Lipinski definition) is 6. The molecule has 1 aromatic heterocycles. The average Bonchev–Trinajstić information content (AvgIpc) is 2.83. The van der Waals surface area contributed by atoms with Gasteiger partial charge in [0.05, 0.1) is 42.3 Å². The van der Waals surface area contributed by atoms with Gasteiger partial charge in [-0.3, -0.25) is 4.79 Å². The van der Waals surface area contributed by atoms with Crippen LogP contribution in [0.25, 0.3) is 0 Å². The van der Waals surface area contributed by atoms with E-state index in [9.17, 15) is 14.4 Å². The molecule has 0 radical (unpaired) electrons. The van der Waals surface area contributed by atoms with Crippen LogP contribution < -0.4 is 4.74 Å². The second kappa shape index (κ2) is 13.2. The Balaban J connectivity index is 1.61. The molecule has 6 nitrogen and oxygen atoms in total. The van der Waals surface area contributed by atoms with Gasteiger partial charge < -0.3 is 14.2 Å². The topological polar surface area (TPSA) is 81.4 Å². The van der Waals surface area contributed by atoms with Gasteiger partial charge in [0.1, 0.15) is 17.6 Å². The number of nitriles is 1. The van der Waals surface area contributed by atoms with Crippen LogP contribution in [-0.4, -0.2) is 24.2 Å². The highest BCUT2D eigenvalue weighted by Gasteiger charge is 2.13. The summed E-state index contributed by atoms with van der Waals surface area (Å²) in [5, 5.41) is 9.82. The van der Waals surface area contributed by atoms with Crippen molar-refractivity contribution in [2.24, 2.45) is 0 Å². The van der Waals surface area contributed by atoms with E-state index in [0.717, 1.165) is 11.1 Å². The second-order valence-electron chi connectivity index (χ2n) is 7.51. The van der Waals surface area contributed by atoms with Crippen LogP contribution in [0.1, 0.15) is 34.7 Å². The molecular formula is C26H23BrClFN2O4. The van der Waals surface area contributed by atoms with E-state index in [0.29, 0.717) is 40.8 Å². The largest absolute Gasteiger partial charge is 0.473 e. The molecule has 0 spiro atoms. The fourth-order valence-corrected chi connectivity index (χ4v) is 3.89. The standard InChI is InChI=1S/C26H23BrClFN2O4/c1-2-34-26(32)13-20-12-23(29)22(27)11-21(20)16-33-9-8-18-10-17(6-7-19(18)14-30)15-35-25-5-3-4-24(28)31-25/h3-7,10-12H,2,8-9,13,15-16H2,1H3. The summed E-state index contributed by atoms with van der Waals surface area (Å²) >= 11 is 9.07. The van der Waals surface area contributed by atoms with E-state index < -0.39 is 11.8 Å². The molecule has 35 heavy (non-hydrogen) atoms. The first kappa shape index (κ1) is 26.6. The maximum absolute atomic E-state index is 14.0. The Morgan fingerprint density at radius 2 is 1.97 bits per heavy atom. The van der Waals surface area contributed by atoms with Gasteiger partial charge in [-0.15, -0.1) is 0 Å². The van der Waals surface area contributed by atoms with Crippen LogP contribution in [0, 0.1) is 17.1 Å². The Hall–Kier alpha value is -2.99. The quantitative estimate of drug-likeness (QED) is 0.163. The van der Waals surface area contributed by atoms with Crippen molar-refractivity contribution in [3.63, 3.8) is 0 Å². The normalized spacial score (nSPS) is 10.6. The number of halogens is 3. The van der Waals surface area contributed by atoms with Crippen molar-refractivity contribution in [3.05, 3.63) is 91.8 Å². The molecule has 3 aromatic rings. The van der Waals surface area contributed by atoms with Gasteiger partial charge in [-0.05, 0) is 75.8 Å². The maximum Gasteiger partial charge on any atom is 0.310 e. The third-order valence-corrected chi connectivity index (χ3v) is 5.84. The number of ether oxygens (including phenoxy) is 3. The van der Waals surface area contributed by atoms with Crippen molar-refractivity contribution >= 4 is 33.5 Å². The number of aromatic nitrogens is 1. The Labute approximate surface area is 216 Å². The number of hydrogen-bond donors (Lipinski definition) is 0. The predicted molar refractivity (Wildman–Crippen MR) is 133 cm³/mol. The highest BCUT2D eigenvalue weighted by atomic mass is 79.9. The molecule has 182 valence electrons.